The van der Waals surface area contributed by atoms with E-state index >= 15 is 0 Å². The number of carboxylic acid groups (broad SMARTS) is 1. The Balaban J connectivity index is 2.09. The molecule has 0 spiro atoms. The standard InChI is InChI=1S/C11H15NO3/c12-9(11(13)14)6-8-5-7-3-1-2-4-10(7)15-8/h5,9H,1-4,6,12H2,(H,13,14). The summed E-state index contributed by atoms with van der Waals surface area (Å²) in [6, 6.07) is 1.09. The van der Waals surface area contributed by atoms with Crippen LogP contribution in [0, 0.1) is 0 Å². The molecule has 1 aromatic heterocycles. The molecule has 1 atom stereocenters. The molecule has 0 radical (unpaired) electrons. The fourth-order valence-corrected chi connectivity index (χ4v) is 1.96. The molecule has 1 unspecified atom stereocenters. The molecule has 0 bridgehead atoms. The summed E-state index contributed by atoms with van der Waals surface area (Å²) in [6.45, 7) is 0. The average Bonchev–Trinajstić information content (AvgIpc) is 2.59. The Morgan fingerprint density at radius 3 is 2.93 bits per heavy atom. The van der Waals surface area contributed by atoms with E-state index in [1.807, 2.05) is 6.07 Å². The number of carbonyl (C=O) groups is 1. The number of nitrogens with two attached hydrogens (primary N) is 1. The lowest BCUT2D eigenvalue weighted by Gasteiger charge is -2.07. The van der Waals surface area contributed by atoms with Gasteiger partial charge in [-0.2, -0.15) is 0 Å². The van der Waals surface area contributed by atoms with Crippen molar-refractivity contribution in [3.63, 3.8) is 0 Å². The Hall–Kier alpha value is -1.29. The van der Waals surface area contributed by atoms with Crippen molar-refractivity contribution < 1.29 is 14.3 Å². The van der Waals surface area contributed by atoms with Crippen molar-refractivity contribution in [1.82, 2.24) is 0 Å². The Bertz CT molecular complexity index is 346. The monoisotopic (exact) mass is 209 g/mol. The van der Waals surface area contributed by atoms with Crippen LogP contribution in [0.15, 0.2) is 10.5 Å². The topological polar surface area (TPSA) is 76.5 Å². The lowest BCUT2D eigenvalue weighted by Crippen LogP contribution is -2.32. The van der Waals surface area contributed by atoms with Crippen LogP contribution in [0.1, 0.15) is 29.9 Å². The quantitative estimate of drug-likeness (QED) is 0.781. The van der Waals surface area contributed by atoms with Crippen molar-refractivity contribution in [2.75, 3.05) is 0 Å². The van der Waals surface area contributed by atoms with E-state index in [9.17, 15) is 4.79 Å². The first-order chi connectivity index (χ1) is 7.16. The lowest BCUT2D eigenvalue weighted by molar-refractivity contribution is -0.138. The number of aryl methyl sites for hydroxylation is 2. The van der Waals surface area contributed by atoms with Crippen molar-refractivity contribution in [2.45, 2.75) is 38.1 Å². The molecule has 15 heavy (non-hydrogen) atoms. The first-order valence-corrected chi connectivity index (χ1v) is 5.25. The Kier molecular flexibility index (Phi) is 2.77. The minimum Gasteiger partial charge on any atom is -0.480 e. The van der Waals surface area contributed by atoms with E-state index in [4.69, 9.17) is 15.3 Å². The minimum absolute atomic E-state index is 0.280. The highest BCUT2D eigenvalue weighted by Crippen LogP contribution is 2.25. The zero-order valence-electron chi connectivity index (χ0n) is 8.53. The SMILES string of the molecule is NC(Cc1cc2c(o1)CCCC2)C(=O)O. The van der Waals surface area contributed by atoms with Gasteiger partial charge >= 0.3 is 5.97 Å². The second kappa shape index (κ2) is 4.06. The van der Waals surface area contributed by atoms with Gasteiger partial charge in [-0.1, -0.05) is 0 Å². The van der Waals surface area contributed by atoms with Crippen molar-refractivity contribution in [3.05, 3.63) is 23.2 Å². The first kappa shape index (κ1) is 10.2. The molecule has 0 aliphatic heterocycles. The van der Waals surface area contributed by atoms with Gasteiger partial charge in [0.1, 0.15) is 17.6 Å². The summed E-state index contributed by atoms with van der Waals surface area (Å²) in [4.78, 5) is 10.6. The Morgan fingerprint density at radius 1 is 1.53 bits per heavy atom. The molecule has 82 valence electrons. The number of fused-ring (bicyclic) bond motifs is 1. The van der Waals surface area contributed by atoms with Gasteiger partial charge in [-0.05, 0) is 30.9 Å². The third kappa shape index (κ3) is 2.21. The van der Waals surface area contributed by atoms with E-state index in [1.165, 1.54) is 12.0 Å². The van der Waals surface area contributed by atoms with Crippen molar-refractivity contribution in [3.8, 4) is 0 Å². The molecule has 4 heteroatoms. The predicted molar refractivity (Wildman–Crippen MR) is 54.7 cm³/mol. The van der Waals surface area contributed by atoms with Crippen LogP contribution in [0.25, 0.3) is 0 Å². The molecule has 0 saturated carbocycles. The van der Waals surface area contributed by atoms with Gasteiger partial charge in [0.05, 0.1) is 0 Å². The smallest absolute Gasteiger partial charge is 0.320 e. The summed E-state index contributed by atoms with van der Waals surface area (Å²) < 4.78 is 5.58. The molecule has 0 amide bonds. The molecule has 1 aromatic rings. The minimum atomic E-state index is -0.982. The van der Waals surface area contributed by atoms with E-state index < -0.39 is 12.0 Å². The van der Waals surface area contributed by atoms with Gasteiger partial charge < -0.3 is 15.3 Å². The van der Waals surface area contributed by atoms with Gasteiger partial charge in [0.25, 0.3) is 0 Å². The van der Waals surface area contributed by atoms with Crippen LogP contribution in [-0.4, -0.2) is 17.1 Å². The van der Waals surface area contributed by atoms with Gasteiger partial charge in [-0.15, -0.1) is 0 Å². The van der Waals surface area contributed by atoms with E-state index in [-0.39, 0.29) is 6.42 Å². The van der Waals surface area contributed by atoms with E-state index in [1.54, 1.807) is 0 Å². The summed E-state index contributed by atoms with van der Waals surface area (Å²) in [7, 11) is 0. The van der Waals surface area contributed by atoms with Crippen LogP contribution in [0.5, 0.6) is 0 Å². The van der Waals surface area contributed by atoms with Gasteiger partial charge in [-0.3, -0.25) is 4.79 Å². The number of hydrogen-bond acceptors (Lipinski definition) is 3. The molecular formula is C11H15NO3. The molecule has 0 saturated heterocycles. The van der Waals surface area contributed by atoms with Crippen LogP contribution in [0.4, 0.5) is 0 Å². The summed E-state index contributed by atoms with van der Waals surface area (Å²) in [6.07, 6.45) is 4.64. The maximum Gasteiger partial charge on any atom is 0.320 e. The number of rotatable bonds is 3. The van der Waals surface area contributed by atoms with Crippen LogP contribution in [-0.2, 0) is 24.1 Å². The number of furan rings is 1. The molecule has 2 rings (SSSR count). The summed E-state index contributed by atoms with van der Waals surface area (Å²) in [5, 5.41) is 8.68. The third-order valence-electron chi connectivity index (χ3n) is 2.79. The second-order valence-corrected chi connectivity index (χ2v) is 4.02. The van der Waals surface area contributed by atoms with Gasteiger partial charge in [0.15, 0.2) is 0 Å². The molecule has 0 aromatic carbocycles. The predicted octanol–water partition coefficient (Wildman–Crippen LogP) is 1.11. The maximum absolute atomic E-state index is 10.6. The zero-order valence-corrected chi connectivity index (χ0v) is 8.53. The molecule has 0 fully saturated rings. The van der Waals surface area contributed by atoms with Crippen molar-refractivity contribution in [2.24, 2.45) is 5.73 Å². The molecule has 1 aliphatic rings. The van der Waals surface area contributed by atoms with Crippen molar-refractivity contribution >= 4 is 5.97 Å². The van der Waals surface area contributed by atoms with Crippen LogP contribution >= 0.6 is 0 Å². The third-order valence-corrected chi connectivity index (χ3v) is 2.79. The second-order valence-electron chi connectivity index (χ2n) is 4.02. The number of aliphatic carboxylic acids is 1. The molecule has 4 nitrogen and oxygen atoms in total. The highest BCUT2D eigenvalue weighted by atomic mass is 16.4. The molecule has 1 aliphatic carbocycles. The molecular weight excluding hydrogens is 194 g/mol. The molecule has 3 N–H and O–H groups in total. The van der Waals surface area contributed by atoms with Crippen LogP contribution < -0.4 is 5.73 Å². The zero-order chi connectivity index (χ0) is 10.8. The summed E-state index contributed by atoms with van der Waals surface area (Å²) in [5.41, 5.74) is 6.68. The molecule has 1 heterocycles. The summed E-state index contributed by atoms with van der Waals surface area (Å²) >= 11 is 0. The fraction of sp³-hybridized carbons (Fsp3) is 0.545. The number of hydrogen-bond donors (Lipinski definition) is 2. The normalized spacial score (nSPS) is 17.1. The summed E-state index contributed by atoms with van der Waals surface area (Å²) in [5.74, 6) is 0.745. The van der Waals surface area contributed by atoms with E-state index in [0.717, 1.165) is 25.0 Å². The Labute approximate surface area is 88.1 Å². The van der Waals surface area contributed by atoms with Crippen LogP contribution in [0.2, 0.25) is 0 Å². The lowest BCUT2D eigenvalue weighted by atomic mass is 9.98. The van der Waals surface area contributed by atoms with E-state index in [2.05, 4.69) is 0 Å². The Morgan fingerprint density at radius 2 is 2.27 bits per heavy atom. The largest absolute Gasteiger partial charge is 0.480 e. The first-order valence-electron chi connectivity index (χ1n) is 5.25. The van der Waals surface area contributed by atoms with Gasteiger partial charge in [0.2, 0.25) is 0 Å². The van der Waals surface area contributed by atoms with Crippen molar-refractivity contribution in [1.29, 1.82) is 0 Å². The highest BCUT2D eigenvalue weighted by molar-refractivity contribution is 5.73. The average molecular weight is 209 g/mol. The van der Waals surface area contributed by atoms with Crippen LogP contribution in [0.3, 0.4) is 0 Å². The van der Waals surface area contributed by atoms with E-state index in [0.29, 0.717) is 5.76 Å². The highest BCUT2D eigenvalue weighted by Gasteiger charge is 2.19. The van der Waals surface area contributed by atoms with Gasteiger partial charge in [0, 0.05) is 12.8 Å². The fourth-order valence-electron chi connectivity index (χ4n) is 1.96. The maximum atomic E-state index is 10.6. The number of carboxylic acids is 1. The van der Waals surface area contributed by atoms with Gasteiger partial charge in [-0.25, -0.2) is 0 Å².